The minimum Gasteiger partial charge on any atom is -0.322 e. The molecule has 0 saturated heterocycles. The molecule has 0 fully saturated rings. The van der Waals surface area contributed by atoms with Crippen LogP contribution >= 0.6 is 11.6 Å². The number of nitrogens with zero attached hydrogens (tertiary/aromatic N) is 2. The number of aromatic nitrogens is 1. The molecular weight excluding hydrogens is 346 g/mol. The largest absolute Gasteiger partial charge is 0.322 e. The van der Waals surface area contributed by atoms with Crippen molar-refractivity contribution in [3.63, 3.8) is 0 Å². The number of anilines is 1. The molecule has 26 heavy (non-hydrogen) atoms. The fourth-order valence-corrected chi connectivity index (χ4v) is 2.62. The maximum absolute atomic E-state index is 12.4. The molecule has 5 heteroatoms. The Hall–Kier alpha value is -3.42. The van der Waals surface area contributed by atoms with E-state index in [1.807, 2.05) is 18.2 Å². The maximum Gasteiger partial charge on any atom is 0.257 e. The molecule has 2 aromatic carbocycles. The molecule has 1 N–H and O–H groups in total. The number of benzene rings is 2. The summed E-state index contributed by atoms with van der Waals surface area (Å²) >= 11 is 6.06. The number of hydrogen-bond donors (Lipinski definition) is 1. The van der Waals surface area contributed by atoms with Gasteiger partial charge in [0.15, 0.2) is 0 Å². The summed E-state index contributed by atoms with van der Waals surface area (Å²) in [5, 5.41) is 12.6. The summed E-state index contributed by atoms with van der Waals surface area (Å²) in [6.07, 6.45) is 3.37. The van der Waals surface area contributed by atoms with Crippen molar-refractivity contribution in [3.8, 4) is 6.07 Å². The molecule has 0 aliphatic heterocycles. The highest BCUT2D eigenvalue weighted by Crippen LogP contribution is 2.20. The molecule has 1 aromatic heterocycles. The first-order valence-electron chi connectivity index (χ1n) is 7.86. The van der Waals surface area contributed by atoms with Crippen LogP contribution in [0.3, 0.4) is 0 Å². The van der Waals surface area contributed by atoms with E-state index in [0.29, 0.717) is 27.5 Å². The van der Waals surface area contributed by atoms with Crippen molar-refractivity contribution in [2.75, 3.05) is 5.32 Å². The Morgan fingerprint density at radius 2 is 1.88 bits per heavy atom. The van der Waals surface area contributed by atoms with Gasteiger partial charge in [0.1, 0.15) is 6.07 Å². The first-order valence-corrected chi connectivity index (χ1v) is 8.24. The zero-order valence-corrected chi connectivity index (χ0v) is 14.4. The Morgan fingerprint density at radius 3 is 2.62 bits per heavy atom. The second kappa shape index (κ2) is 8.11. The third-order valence-electron chi connectivity index (χ3n) is 3.64. The summed E-state index contributed by atoms with van der Waals surface area (Å²) in [6, 6.07) is 21.6. The molecule has 0 radical (unpaired) electrons. The Bertz CT molecular complexity index is 1010. The minimum absolute atomic E-state index is 0.290. The number of rotatable bonds is 4. The van der Waals surface area contributed by atoms with Gasteiger partial charge in [0.05, 0.1) is 21.9 Å². The molecule has 1 heterocycles. The third kappa shape index (κ3) is 4.15. The molecule has 0 aliphatic carbocycles. The zero-order chi connectivity index (χ0) is 18.4. The summed E-state index contributed by atoms with van der Waals surface area (Å²) in [6.45, 7) is 0. The number of carbonyl (C=O) groups is 1. The quantitative estimate of drug-likeness (QED) is 0.663. The van der Waals surface area contributed by atoms with E-state index in [1.54, 1.807) is 60.8 Å². The van der Waals surface area contributed by atoms with Crippen molar-refractivity contribution in [1.29, 1.82) is 5.26 Å². The van der Waals surface area contributed by atoms with Gasteiger partial charge in [-0.1, -0.05) is 41.9 Å². The molecule has 0 aliphatic rings. The summed E-state index contributed by atoms with van der Waals surface area (Å²) in [7, 11) is 0. The number of hydrogen-bond acceptors (Lipinski definition) is 3. The standard InChI is InChI=1S/C21H14ClN3O/c22-19-9-2-1-8-18(19)21(26)25-17-7-5-6-15(13-17)12-16(14-23)20-10-3-4-11-24-20/h1-13H,(H,25,26). The lowest BCUT2D eigenvalue weighted by atomic mass is 10.1. The Labute approximate surface area is 156 Å². The number of carbonyl (C=O) groups excluding carboxylic acids is 1. The maximum atomic E-state index is 12.4. The highest BCUT2D eigenvalue weighted by molar-refractivity contribution is 6.34. The molecule has 0 saturated carbocycles. The van der Waals surface area contributed by atoms with Crippen LogP contribution in [-0.2, 0) is 0 Å². The SMILES string of the molecule is N#CC(=Cc1cccc(NC(=O)c2ccccc2Cl)c1)c1ccccn1. The summed E-state index contributed by atoms with van der Waals surface area (Å²) in [5.41, 5.74) is 2.84. The predicted octanol–water partition coefficient (Wildman–Crippen LogP) is 5.05. The third-order valence-corrected chi connectivity index (χ3v) is 3.96. The number of nitrogens with one attached hydrogen (secondary N) is 1. The van der Waals surface area contributed by atoms with Crippen LogP contribution in [0.15, 0.2) is 72.9 Å². The van der Waals surface area contributed by atoms with E-state index in [2.05, 4.69) is 16.4 Å². The molecule has 0 atom stereocenters. The summed E-state index contributed by atoms with van der Waals surface area (Å²) in [5.74, 6) is -0.290. The molecule has 0 bridgehead atoms. The first-order chi connectivity index (χ1) is 12.7. The first kappa shape index (κ1) is 17.4. The van der Waals surface area contributed by atoms with E-state index in [1.165, 1.54) is 0 Å². The predicted molar refractivity (Wildman–Crippen MR) is 104 cm³/mol. The molecule has 0 spiro atoms. The normalized spacial score (nSPS) is 10.8. The molecule has 1 amide bonds. The minimum atomic E-state index is -0.290. The van der Waals surface area contributed by atoms with Gasteiger partial charge in [0, 0.05) is 11.9 Å². The van der Waals surface area contributed by atoms with Gasteiger partial charge in [-0.3, -0.25) is 9.78 Å². The van der Waals surface area contributed by atoms with Gasteiger partial charge >= 0.3 is 0 Å². The van der Waals surface area contributed by atoms with Crippen LogP contribution < -0.4 is 5.32 Å². The van der Waals surface area contributed by atoms with Crippen LogP contribution in [-0.4, -0.2) is 10.9 Å². The number of allylic oxidation sites excluding steroid dienone is 1. The van der Waals surface area contributed by atoms with Crippen molar-refractivity contribution in [3.05, 3.63) is 94.8 Å². The van der Waals surface area contributed by atoms with Gasteiger partial charge in [-0.2, -0.15) is 5.26 Å². The molecule has 3 rings (SSSR count). The lowest BCUT2D eigenvalue weighted by Crippen LogP contribution is -2.12. The van der Waals surface area contributed by atoms with Gasteiger partial charge < -0.3 is 5.32 Å². The van der Waals surface area contributed by atoms with Crippen molar-refractivity contribution in [2.45, 2.75) is 0 Å². The molecule has 3 aromatic rings. The second-order valence-corrected chi connectivity index (χ2v) is 5.85. The number of nitriles is 1. The highest BCUT2D eigenvalue weighted by atomic mass is 35.5. The fraction of sp³-hybridized carbons (Fsp3) is 0. The van der Waals surface area contributed by atoms with Crippen LogP contribution in [0.2, 0.25) is 5.02 Å². The molecular formula is C21H14ClN3O. The van der Waals surface area contributed by atoms with Gasteiger partial charge in [-0.05, 0) is 48.0 Å². The van der Waals surface area contributed by atoms with Gasteiger partial charge in [-0.15, -0.1) is 0 Å². The van der Waals surface area contributed by atoms with Gasteiger partial charge in [-0.25, -0.2) is 0 Å². The van der Waals surface area contributed by atoms with Crippen LogP contribution in [0, 0.1) is 11.3 Å². The van der Waals surface area contributed by atoms with E-state index in [4.69, 9.17) is 11.6 Å². The Kier molecular flexibility index (Phi) is 5.43. The smallest absolute Gasteiger partial charge is 0.257 e. The van der Waals surface area contributed by atoms with E-state index < -0.39 is 0 Å². The monoisotopic (exact) mass is 359 g/mol. The van der Waals surface area contributed by atoms with E-state index in [9.17, 15) is 10.1 Å². The average Bonchev–Trinajstić information content (AvgIpc) is 2.67. The van der Waals surface area contributed by atoms with Crippen molar-refractivity contribution in [1.82, 2.24) is 4.98 Å². The van der Waals surface area contributed by atoms with Crippen molar-refractivity contribution >= 4 is 34.8 Å². The van der Waals surface area contributed by atoms with Crippen LogP contribution in [0.25, 0.3) is 11.6 Å². The van der Waals surface area contributed by atoms with Crippen LogP contribution in [0.4, 0.5) is 5.69 Å². The van der Waals surface area contributed by atoms with E-state index in [-0.39, 0.29) is 5.91 Å². The summed E-state index contributed by atoms with van der Waals surface area (Å²) < 4.78 is 0. The topological polar surface area (TPSA) is 65.8 Å². The summed E-state index contributed by atoms with van der Waals surface area (Å²) in [4.78, 5) is 16.6. The zero-order valence-electron chi connectivity index (χ0n) is 13.7. The van der Waals surface area contributed by atoms with E-state index in [0.717, 1.165) is 5.56 Å². The molecule has 0 unspecified atom stereocenters. The molecule has 126 valence electrons. The van der Waals surface area contributed by atoms with Gasteiger partial charge in [0.2, 0.25) is 0 Å². The lowest BCUT2D eigenvalue weighted by molar-refractivity contribution is 0.102. The van der Waals surface area contributed by atoms with Crippen LogP contribution in [0.1, 0.15) is 21.6 Å². The lowest BCUT2D eigenvalue weighted by Gasteiger charge is -2.07. The van der Waals surface area contributed by atoms with E-state index >= 15 is 0 Å². The second-order valence-electron chi connectivity index (χ2n) is 5.44. The van der Waals surface area contributed by atoms with Crippen LogP contribution in [0.5, 0.6) is 0 Å². The fourth-order valence-electron chi connectivity index (χ4n) is 2.40. The Balaban J connectivity index is 1.85. The highest BCUT2D eigenvalue weighted by Gasteiger charge is 2.10. The van der Waals surface area contributed by atoms with Gasteiger partial charge in [0.25, 0.3) is 5.91 Å². The number of pyridine rings is 1. The number of amides is 1. The van der Waals surface area contributed by atoms with Crippen molar-refractivity contribution < 1.29 is 4.79 Å². The average molecular weight is 360 g/mol. The Morgan fingerprint density at radius 1 is 1.08 bits per heavy atom. The number of halogens is 1. The molecule has 4 nitrogen and oxygen atoms in total. The van der Waals surface area contributed by atoms with Crippen molar-refractivity contribution in [2.24, 2.45) is 0 Å².